The third kappa shape index (κ3) is 2.60. The summed E-state index contributed by atoms with van der Waals surface area (Å²) in [6.07, 6.45) is 3.28. The predicted molar refractivity (Wildman–Crippen MR) is 91.0 cm³/mol. The lowest BCUT2D eigenvalue weighted by atomic mass is 10.2. The van der Waals surface area contributed by atoms with Gasteiger partial charge >= 0.3 is 0 Å². The lowest BCUT2D eigenvalue weighted by Gasteiger charge is -2.05. The van der Waals surface area contributed by atoms with Crippen molar-refractivity contribution in [3.05, 3.63) is 65.4 Å². The molecule has 0 radical (unpaired) electrons. The maximum atomic E-state index is 5.87. The first-order valence-corrected chi connectivity index (χ1v) is 7.32. The van der Waals surface area contributed by atoms with Crippen molar-refractivity contribution >= 4 is 40.1 Å². The van der Waals surface area contributed by atoms with Crippen molar-refractivity contribution in [2.75, 3.05) is 5.43 Å². The smallest absolute Gasteiger partial charge is 0.185 e. The molecule has 0 bridgehead atoms. The Bertz CT molecular complexity index is 1010. The van der Waals surface area contributed by atoms with Gasteiger partial charge in [-0.1, -0.05) is 48.0 Å². The van der Waals surface area contributed by atoms with Crippen LogP contribution in [-0.2, 0) is 0 Å². The molecule has 4 aromatic rings. The fraction of sp³-hybridized carbons (Fsp3) is 0. The molecule has 0 amide bonds. The van der Waals surface area contributed by atoms with E-state index in [1.807, 2.05) is 48.5 Å². The lowest BCUT2D eigenvalue weighted by Crippen LogP contribution is -2.00. The maximum Gasteiger partial charge on any atom is 0.185 e. The minimum absolute atomic E-state index is 0.637. The minimum Gasteiger partial charge on any atom is -0.259 e. The Kier molecular flexibility index (Phi) is 3.36. The monoisotopic (exact) mass is 322 g/mol. The average molecular weight is 323 g/mol. The van der Waals surface area contributed by atoms with Gasteiger partial charge in [0.1, 0.15) is 6.33 Å². The van der Waals surface area contributed by atoms with E-state index in [0.29, 0.717) is 16.5 Å². The van der Waals surface area contributed by atoms with Crippen LogP contribution in [0.25, 0.3) is 16.4 Å². The number of aromatic nitrogens is 4. The Hall–Kier alpha value is -2.99. The van der Waals surface area contributed by atoms with E-state index >= 15 is 0 Å². The van der Waals surface area contributed by atoms with E-state index in [9.17, 15) is 0 Å². The summed E-state index contributed by atoms with van der Waals surface area (Å²) < 4.78 is 1.63. The van der Waals surface area contributed by atoms with E-state index < -0.39 is 0 Å². The molecule has 112 valence electrons. The molecule has 2 aromatic carbocycles. The molecule has 2 heterocycles. The number of nitrogens with one attached hydrogen (secondary N) is 1. The van der Waals surface area contributed by atoms with Gasteiger partial charge in [0.05, 0.1) is 6.21 Å². The van der Waals surface area contributed by atoms with Crippen LogP contribution in [0.15, 0.2) is 60.0 Å². The molecule has 0 fully saturated rings. The van der Waals surface area contributed by atoms with E-state index in [4.69, 9.17) is 11.6 Å². The molecule has 0 spiro atoms. The second-order valence-corrected chi connectivity index (χ2v) is 5.35. The summed E-state index contributed by atoms with van der Waals surface area (Å²) in [6.45, 7) is 0. The number of nitrogens with zero attached hydrogens (tertiary/aromatic N) is 5. The summed E-state index contributed by atoms with van der Waals surface area (Å²) in [4.78, 5) is 0. The van der Waals surface area contributed by atoms with Crippen LogP contribution in [0.4, 0.5) is 5.82 Å². The minimum atomic E-state index is 0.637. The number of hydrogen-bond donors (Lipinski definition) is 1. The van der Waals surface area contributed by atoms with Crippen LogP contribution in [0, 0.1) is 0 Å². The van der Waals surface area contributed by atoms with E-state index in [2.05, 4.69) is 25.8 Å². The van der Waals surface area contributed by atoms with Crippen LogP contribution in [-0.4, -0.2) is 26.0 Å². The number of halogens is 1. The molecular weight excluding hydrogens is 312 g/mol. The molecule has 2 aromatic heterocycles. The Balaban J connectivity index is 1.71. The summed E-state index contributed by atoms with van der Waals surface area (Å²) in [5.74, 6) is 0.637. The second kappa shape index (κ2) is 5.66. The summed E-state index contributed by atoms with van der Waals surface area (Å²) in [5, 5.41) is 19.3. The van der Waals surface area contributed by atoms with Gasteiger partial charge in [-0.2, -0.15) is 9.62 Å². The second-order valence-electron chi connectivity index (χ2n) is 4.91. The van der Waals surface area contributed by atoms with Gasteiger partial charge in [0.25, 0.3) is 0 Å². The Morgan fingerprint density at radius 2 is 1.83 bits per heavy atom. The Labute approximate surface area is 136 Å². The largest absolute Gasteiger partial charge is 0.259 e. The molecule has 0 aliphatic heterocycles. The molecule has 0 atom stereocenters. The Morgan fingerprint density at radius 1 is 1.04 bits per heavy atom. The van der Waals surface area contributed by atoms with Crippen LogP contribution in [0.5, 0.6) is 0 Å². The number of rotatable bonds is 3. The number of fused-ring (bicyclic) bond motifs is 3. The number of anilines is 1. The van der Waals surface area contributed by atoms with Gasteiger partial charge in [0.2, 0.25) is 0 Å². The molecule has 7 heteroatoms. The van der Waals surface area contributed by atoms with Crippen molar-refractivity contribution in [2.45, 2.75) is 0 Å². The van der Waals surface area contributed by atoms with Gasteiger partial charge in [-0.05, 0) is 17.7 Å². The first kappa shape index (κ1) is 13.7. The highest BCUT2D eigenvalue weighted by Gasteiger charge is 2.08. The molecule has 4 rings (SSSR count). The molecule has 0 saturated heterocycles. The molecule has 1 N–H and O–H groups in total. The predicted octanol–water partition coefficient (Wildman–Crippen LogP) is 3.38. The highest BCUT2D eigenvalue weighted by Crippen LogP contribution is 2.23. The van der Waals surface area contributed by atoms with Gasteiger partial charge in [0, 0.05) is 15.8 Å². The zero-order valence-electron chi connectivity index (χ0n) is 11.9. The molecule has 0 unspecified atom stereocenters. The number of benzene rings is 2. The Morgan fingerprint density at radius 3 is 2.65 bits per heavy atom. The zero-order chi connectivity index (χ0) is 15.6. The third-order valence-corrected chi connectivity index (χ3v) is 3.67. The molecular formula is C16H11ClN6. The van der Waals surface area contributed by atoms with Crippen molar-refractivity contribution in [3.8, 4) is 0 Å². The maximum absolute atomic E-state index is 5.87. The first-order chi connectivity index (χ1) is 11.3. The van der Waals surface area contributed by atoms with Crippen LogP contribution in [0.3, 0.4) is 0 Å². The van der Waals surface area contributed by atoms with Gasteiger partial charge in [-0.3, -0.25) is 5.43 Å². The number of hydrazone groups is 1. The van der Waals surface area contributed by atoms with E-state index in [0.717, 1.165) is 16.3 Å². The fourth-order valence-electron chi connectivity index (χ4n) is 2.33. The van der Waals surface area contributed by atoms with Crippen LogP contribution < -0.4 is 5.43 Å². The number of hydrogen-bond acceptors (Lipinski definition) is 5. The van der Waals surface area contributed by atoms with Gasteiger partial charge in [0.15, 0.2) is 11.5 Å². The topological polar surface area (TPSA) is 67.5 Å². The summed E-state index contributed by atoms with van der Waals surface area (Å²) in [6, 6.07) is 15.3. The van der Waals surface area contributed by atoms with Gasteiger partial charge in [-0.15, -0.1) is 15.3 Å². The molecule has 0 saturated carbocycles. The van der Waals surface area contributed by atoms with E-state index in [1.54, 1.807) is 17.1 Å². The van der Waals surface area contributed by atoms with Crippen molar-refractivity contribution in [2.24, 2.45) is 5.10 Å². The summed E-state index contributed by atoms with van der Waals surface area (Å²) in [5.41, 5.74) is 4.64. The highest BCUT2D eigenvalue weighted by atomic mass is 35.5. The first-order valence-electron chi connectivity index (χ1n) is 6.95. The van der Waals surface area contributed by atoms with Crippen LogP contribution in [0.2, 0.25) is 5.02 Å². The average Bonchev–Trinajstić information content (AvgIpc) is 3.05. The van der Waals surface area contributed by atoms with Crippen molar-refractivity contribution < 1.29 is 0 Å². The molecule has 0 aliphatic carbocycles. The quantitative estimate of drug-likeness (QED) is 0.464. The SMILES string of the molecule is Clc1ccc(/C=N/Nc2nn3cnnc3c3ccccc23)cc1. The zero-order valence-corrected chi connectivity index (χ0v) is 12.6. The molecule has 6 nitrogen and oxygen atoms in total. The van der Waals surface area contributed by atoms with Gasteiger partial charge in [-0.25, -0.2) is 0 Å². The molecule has 23 heavy (non-hydrogen) atoms. The van der Waals surface area contributed by atoms with Crippen molar-refractivity contribution in [1.29, 1.82) is 0 Å². The normalized spacial score (nSPS) is 11.5. The molecule has 0 aliphatic rings. The fourth-order valence-corrected chi connectivity index (χ4v) is 2.45. The van der Waals surface area contributed by atoms with Gasteiger partial charge < -0.3 is 0 Å². The van der Waals surface area contributed by atoms with Crippen LogP contribution >= 0.6 is 11.6 Å². The van der Waals surface area contributed by atoms with Crippen molar-refractivity contribution in [3.63, 3.8) is 0 Å². The van der Waals surface area contributed by atoms with E-state index in [1.165, 1.54) is 0 Å². The highest BCUT2D eigenvalue weighted by molar-refractivity contribution is 6.30. The van der Waals surface area contributed by atoms with Crippen LogP contribution in [0.1, 0.15) is 5.56 Å². The van der Waals surface area contributed by atoms with Crippen molar-refractivity contribution in [1.82, 2.24) is 19.8 Å². The van der Waals surface area contributed by atoms with E-state index in [-0.39, 0.29) is 0 Å². The third-order valence-electron chi connectivity index (χ3n) is 3.42. The summed E-state index contributed by atoms with van der Waals surface area (Å²) in [7, 11) is 0. The standard InChI is InChI=1S/C16H11ClN6/c17-12-7-5-11(6-8-12)9-18-20-15-13-3-1-2-4-14(13)16-21-19-10-23(16)22-15/h1-10H,(H,20,22)/b18-9+. The summed E-state index contributed by atoms with van der Waals surface area (Å²) >= 11 is 5.87. The lowest BCUT2D eigenvalue weighted by molar-refractivity contribution is 0.934.